The third-order valence-electron chi connectivity index (χ3n) is 3.18. The number of aromatic nitrogens is 3. The molecule has 0 saturated heterocycles. The Morgan fingerprint density at radius 1 is 1.57 bits per heavy atom. The Morgan fingerprint density at radius 3 is 2.95 bits per heavy atom. The number of thioether (sulfide) groups is 1. The van der Waals surface area contributed by atoms with Crippen LogP contribution in [0.1, 0.15) is 39.2 Å². The molecule has 7 nitrogen and oxygen atoms in total. The zero-order valence-electron chi connectivity index (χ0n) is 12.4. The molecule has 21 heavy (non-hydrogen) atoms. The van der Waals surface area contributed by atoms with Crippen LogP contribution in [-0.2, 0) is 9.53 Å². The van der Waals surface area contributed by atoms with Crippen LogP contribution >= 0.6 is 11.8 Å². The molecule has 2 N–H and O–H groups in total. The monoisotopic (exact) mass is 314 g/mol. The van der Waals surface area contributed by atoms with Gasteiger partial charge in [-0.05, 0) is 32.7 Å². The van der Waals surface area contributed by atoms with Crippen LogP contribution in [0.3, 0.4) is 0 Å². The lowest BCUT2D eigenvalue weighted by molar-refractivity contribution is -0.144. The van der Waals surface area contributed by atoms with Crippen molar-refractivity contribution in [2.24, 2.45) is 0 Å². The summed E-state index contributed by atoms with van der Waals surface area (Å²) >= 11 is 1.41. The van der Waals surface area contributed by atoms with Gasteiger partial charge in [-0.3, -0.25) is 9.36 Å². The van der Waals surface area contributed by atoms with E-state index in [4.69, 9.17) is 4.74 Å². The van der Waals surface area contributed by atoms with Gasteiger partial charge in [0.05, 0.1) is 6.61 Å². The van der Waals surface area contributed by atoms with Crippen LogP contribution in [0.5, 0.6) is 0 Å². The van der Waals surface area contributed by atoms with E-state index in [9.17, 15) is 9.59 Å². The van der Waals surface area contributed by atoms with Gasteiger partial charge in [0.15, 0.2) is 5.16 Å². The third-order valence-corrected chi connectivity index (χ3v) is 4.22. The van der Waals surface area contributed by atoms with E-state index >= 15 is 0 Å². The van der Waals surface area contributed by atoms with Crippen LogP contribution in [0.2, 0.25) is 0 Å². The molecule has 0 aromatic carbocycles. The molecule has 1 aromatic rings. The van der Waals surface area contributed by atoms with Crippen LogP contribution in [0.25, 0.3) is 0 Å². The maximum atomic E-state index is 11.9. The summed E-state index contributed by atoms with van der Waals surface area (Å²) in [5, 5.41) is 10.3. The summed E-state index contributed by atoms with van der Waals surface area (Å²) in [6, 6.07) is -0.113. The van der Waals surface area contributed by atoms with Crippen molar-refractivity contribution >= 4 is 17.7 Å². The average molecular weight is 314 g/mol. The van der Waals surface area contributed by atoms with E-state index in [1.54, 1.807) is 11.5 Å². The standard InChI is InChI=1S/C13H22N4O3S/c1-3-7-14-10(11(18)20-4-2)8-21-13-16-15-12(19)17(13)9-5-6-9/h9-10,14H,3-8H2,1-2H3,(H,15,19). The van der Waals surface area contributed by atoms with Crippen molar-refractivity contribution < 1.29 is 9.53 Å². The Morgan fingerprint density at radius 2 is 2.33 bits per heavy atom. The second-order valence-electron chi connectivity index (χ2n) is 4.98. The van der Waals surface area contributed by atoms with Gasteiger partial charge in [0.2, 0.25) is 0 Å². The fourth-order valence-corrected chi connectivity index (χ4v) is 3.03. The Bertz CT molecular complexity index is 524. The number of aromatic amines is 1. The summed E-state index contributed by atoms with van der Waals surface area (Å²) < 4.78 is 6.76. The lowest BCUT2D eigenvalue weighted by Crippen LogP contribution is -2.40. The highest BCUT2D eigenvalue weighted by Gasteiger charge is 2.29. The molecule has 118 valence electrons. The molecule has 1 aliphatic carbocycles. The number of carbonyl (C=O) groups excluding carboxylic acids is 1. The molecule has 1 atom stereocenters. The molecule has 8 heteroatoms. The van der Waals surface area contributed by atoms with Crippen molar-refractivity contribution in [3.05, 3.63) is 10.5 Å². The summed E-state index contributed by atoms with van der Waals surface area (Å²) in [6.45, 7) is 4.95. The lowest BCUT2D eigenvalue weighted by Gasteiger charge is -2.16. The quantitative estimate of drug-likeness (QED) is 0.521. The normalized spacial score (nSPS) is 15.9. The highest BCUT2D eigenvalue weighted by molar-refractivity contribution is 7.99. The molecular weight excluding hydrogens is 292 g/mol. The SMILES string of the molecule is CCCNC(CSc1n[nH]c(=O)n1C1CC1)C(=O)OCC. The van der Waals surface area contributed by atoms with Crippen molar-refractivity contribution in [3.63, 3.8) is 0 Å². The second kappa shape index (κ2) is 7.65. The number of nitrogens with zero attached hydrogens (tertiary/aromatic N) is 2. The van der Waals surface area contributed by atoms with Crippen LogP contribution in [-0.4, -0.2) is 45.7 Å². The minimum Gasteiger partial charge on any atom is -0.465 e. The highest BCUT2D eigenvalue weighted by Crippen LogP contribution is 2.36. The number of nitrogens with one attached hydrogen (secondary N) is 2. The summed E-state index contributed by atoms with van der Waals surface area (Å²) in [4.78, 5) is 23.6. The number of H-pyrrole nitrogens is 1. The van der Waals surface area contributed by atoms with E-state index < -0.39 is 0 Å². The van der Waals surface area contributed by atoms with Gasteiger partial charge in [-0.1, -0.05) is 18.7 Å². The summed E-state index contributed by atoms with van der Waals surface area (Å²) in [7, 11) is 0. The Labute approximate surface area is 127 Å². The molecule has 0 amide bonds. The van der Waals surface area contributed by atoms with Gasteiger partial charge in [-0.15, -0.1) is 5.10 Å². The molecular formula is C13H22N4O3S. The average Bonchev–Trinajstić information content (AvgIpc) is 3.23. The molecule has 1 saturated carbocycles. The highest BCUT2D eigenvalue weighted by atomic mass is 32.2. The van der Waals surface area contributed by atoms with Gasteiger partial charge < -0.3 is 10.1 Å². The van der Waals surface area contributed by atoms with Crippen molar-refractivity contribution in [3.8, 4) is 0 Å². The van der Waals surface area contributed by atoms with Gasteiger partial charge in [-0.25, -0.2) is 9.89 Å². The number of hydrogen-bond donors (Lipinski definition) is 2. The zero-order valence-corrected chi connectivity index (χ0v) is 13.2. The summed E-state index contributed by atoms with van der Waals surface area (Å²) in [5.74, 6) is 0.241. The van der Waals surface area contributed by atoms with E-state index in [1.165, 1.54) is 11.8 Å². The maximum Gasteiger partial charge on any atom is 0.344 e. The molecule has 0 radical (unpaired) electrons. The van der Waals surface area contributed by atoms with Gasteiger partial charge >= 0.3 is 11.7 Å². The van der Waals surface area contributed by atoms with Crippen molar-refractivity contribution in [2.75, 3.05) is 18.9 Å². The maximum absolute atomic E-state index is 11.9. The predicted octanol–water partition coefficient (Wildman–Crippen LogP) is 0.930. The largest absolute Gasteiger partial charge is 0.465 e. The van der Waals surface area contributed by atoms with E-state index in [2.05, 4.69) is 15.5 Å². The molecule has 0 spiro atoms. The van der Waals surface area contributed by atoms with E-state index in [-0.39, 0.29) is 23.7 Å². The fraction of sp³-hybridized carbons (Fsp3) is 0.769. The zero-order chi connectivity index (χ0) is 15.2. The van der Waals surface area contributed by atoms with E-state index in [0.29, 0.717) is 17.5 Å². The van der Waals surface area contributed by atoms with Gasteiger partial charge in [0.1, 0.15) is 6.04 Å². The third kappa shape index (κ3) is 4.34. The topological polar surface area (TPSA) is 89.0 Å². The molecule has 1 fully saturated rings. The molecule has 0 bridgehead atoms. The van der Waals surface area contributed by atoms with Crippen LogP contribution in [0.4, 0.5) is 0 Å². The molecule has 1 aromatic heterocycles. The Balaban J connectivity index is 1.97. The first kappa shape index (κ1) is 16.1. The number of hydrogen-bond acceptors (Lipinski definition) is 6. The molecule has 2 rings (SSSR count). The first-order valence-corrected chi connectivity index (χ1v) is 8.35. The van der Waals surface area contributed by atoms with E-state index in [0.717, 1.165) is 25.8 Å². The number of ether oxygens (including phenoxy) is 1. The second-order valence-corrected chi connectivity index (χ2v) is 5.97. The molecule has 1 aliphatic rings. The summed E-state index contributed by atoms with van der Waals surface area (Å²) in [5.41, 5.74) is -0.172. The minimum atomic E-state index is -0.380. The van der Waals surface area contributed by atoms with Crippen LogP contribution < -0.4 is 11.0 Å². The summed E-state index contributed by atoms with van der Waals surface area (Å²) in [6.07, 6.45) is 2.97. The minimum absolute atomic E-state index is 0.172. The predicted molar refractivity (Wildman–Crippen MR) is 80.6 cm³/mol. The van der Waals surface area contributed by atoms with Crippen molar-refractivity contribution in [2.45, 2.75) is 50.4 Å². The number of carbonyl (C=O) groups is 1. The van der Waals surface area contributed by atoms with Crippen LogP contribution in [0.15, 0.2) is 9.95 Å². The number of rotatable bonds is 9. The van der Waals surface area contributed by atoms with Crippen molar-refractivity contribution in [1.29, 1.82) is 0 Å². The number of esters is 1. The smallest absolute Gasteiger partial charge is 0.344 e. The van der Waals surface area contributed by atoms with Crippen molar-refractivity contribution in [1.82, 2.24) is 20.1 Å². The van der Waals surface area contributed by atoms with Gasteiger partial charge in [-0.2, -0.15) is 0 Å². The Hall–Kier alpha value is -1.28. The Kier molecular flexibility index (Phi) is 5.86. The molecule has 1 heterocycles. The van der Waals surface area contributed by atoms with Crippen LogP contribution in [0, 0.1) is 0 Å². The lowest BCUT2D eigenvalue weighted by atomic mass is 10.3. The first-order chi connectivity index (χ1) is 10.2. The molecule has 1 unspecified atom stereocenters. The molecule has 0 aliphatic heterocycles. The fourth-order valence-electron chi connectivity index (χ4n) is 1.98. The van der Waals surface area contributed by atoms with E-state index in [1.807, 2.05) is 6.92 Å². The van der Waals surface area contributed by atoms with Gasteiger partial charge in [0.25, 0.3) is 0 Å². The first-order valence-electron chi connectivity index (χ1n) is 7.37. The van der Waals surface area contributed by atoms with Gasteiger partial charge in [0, 0.05) is 11.8 Å².